The van der Waals surface area contributed by atoms with E-state index in [2.05, 4.69) is 4.72 Å². The predicted octanol–water partition coefficient (Wildman–Crippen LogP) is 1.50. The zero-order valence-electron chi connectivity index (χ0n) is 12.5. The van der Waals surface area contributed by atoms with Crippen LogP contribution in [-0.2, 0) is 10.0 Å². The van der Waals surface area contributed by atoms with Crippen molar-refractivity contribution in [2.75, 3.05) is 26.5 Å². The number of rotatable bonds is 4. The van der Waals surface area contributed by atoms with Crippen LogP contribution in [0.2, 0.25) is 5.02 Å². The van der Waals surface area contributed by atoms with Gasteiger partial charge in [-0.15, -0.1) is 0 Å². The minimum atomic E-state index is -3.29. The van der Waals surface area contributed by atoms with Crippen molar-refractivity contribution < 1.29 is 17.9 Å². The average molecular weight is 347 g/mol. The van der Waals surface area contributed by atoms with Crippen molar-refractivity contribution >= 4 is 27.5 Å². The minimum Gasteiger partial charge on any atom is -0.496 e. The fraction of sp³-hybridized carbons (Fsp3) is 0.500. The lowest BCUT2D eigenvalue weighted by atomic mass is 10.0. The molecule has 1 atom stereocenters. The van der Waals surface area contributed by atoms with E-state index in [0.29, 0.717) is 35.8 Å². The molecule has 2 rings (SSSR count). The van der Waals surface area contributed by atoms with Gasteiger partial charge in [0.25, 0.3) is 5.91 Å². The highest BCUT2D eigenvalue weighted by atomic mass is 35.5. The maximum absolute atomic E-state index is 12.7. The first-order chi connectivity index (χ1) is 10.3. The third kappa shape index (κ3) is 4.34. The summed E-state index contributed by atoms with van der Waals surface area (Å²) < 4.78 is 30.4. The first kappa shape index (κ1) is 17.1. The molecule has 0 aliphatic carbocycles. The van der Waals surface area contributed by atoms with E-state index < -0.39 is 10.0 Å². The van der Waals surface area contributed by atoms with Gasteiger partial charge in [0.1, 0.15) is 5.75 Å². The van der Waals surface area contributed by atoms with Gasteiger partial charge in [-0.3, -0.25) is 4.79 Å². The number of benzene rings is 1. The smallest absolute Gasteiger partial charge is 0.257 e. The molecule has 1 amide bonds. The largest absolute Gasteiger partial charge is 0.496 e. The second-order valence-corrected chi connectivity index (χ2v) is 7.54. The van der Waals surface area contributed by atoms with Gasteiger partial charge in [0, 0.05) is 24.2 Å². The lowest BCUT2D eigenvalue weighted by Gasteiger charge is -2.33. The summed E-state index contributed by atoms with van der Waals surface area (Å²) in [5.74, 6) is 0.243. The topological polar surface area (TPSA) is 75.7 Å². The lowest BCUT2D eigenvalue weighted by Crippen LogP contribution is -2.49. The Morgan fingerprint density at radius 3 is 2.82 bits per heavy atom. The van der Waals surface area contributed by atoms with E-state index in [-0.39, 0.29) is 11.9 Å². The SMILES string of the molecule is COc1ccc(Cl)cc1C(=O)N1CCC[C@@H](NS(C)(=O)=O)C1. The van der Waals surface area contributed by atoms with Crippen molar-refractivity contribution in [3.05, 3.63) is 28.8 Å². The van der Waals surface area contributed by atoms with Gasteiger partial charge in [-0.1, -0.05) is 11.6 Å². The highest BCUT2D eigenvalue weighted by Crippen LogP contribution is 2.25. The molecule has 1 N–H and O–H groups in total. The maximum atomic E-state index is 12.7. The number of carbonyl (C=O) groups is 1. The summed E-state index contributed by atoms with van der Waals surface area (Å²) in [5.41, 5.74) is 0.384. The molecule has 8 heteroatoms. The van der Waals surface area contributed by atoms with E-state index >= 15 is 0 Å². The first-order valence-corrected chi connectivity index (χ1v) is 9.17. The number of piperidine rings is 1. The molecule has 0 unspecified atom stereocenters. The van der Waals surface area contributed by atoms with Gasteiger partial charge < -0.3 is 9.64 Å². The Balaban J connectivity index is 2.17. The zero-order chi connectivity index (χ0) is 16.3. The molecule has 1 aromatic carbocycles. The molecule has 1 aliphatic rings. The van der Waals surface area contributed by atoms with Crippen molar-refractivity contribution in [3.63, 3.8) is 0 Å². The Hall–Kier alpha value is -1.31. The normalized spacial score (nSPS) is 19.0. The van der Waals surface area contributed by atoms with E-state index in [9.17, 15) is 13.2 Å². The molecule has 1 fully saturated rings. The number of halogens is 1. The fourth-order valence-corrected chi connectivity index (χ4v) is 3.55. The van der Waals surface area contributed by atoms with Crippen LogP contribution in [0.15, 0.2) is 18.2 Å². The summed E-state index contributed by atoms with van der Waals surface area (Å²) in [6, 6.07) is 4.60. The van der Waals surface area contributed by atoms with Gasteiger partial charge in [0.15, 0.2) is 0 Å². The van der Waals surface area contributed by atoms with Gasteiger partial charge in [-0.25, -0.2) is 13.1 Å². The second-order valence-electron chi connectivity index (χ2n) is 5.32. The van der Waals surface area contributed by atoms with Crippen LogP contribution in [0, 0.1) is 0 Å². The number of hydrogen-bond acceptors (Lipinski definition) is 4. The van der Waals surface area contributed by atoms with Gasteiger partial charge in [0.2, 0.25) is 10.0 Å². The number of methoxy groups -OCH3 is 1. The van der Waals surface area contributed by atoms with Crippen LogP contribution in [0.25, 0.3) is 0 Å². The molecule has 22 heavy (non-hydrogen) atoms. The van der Waals surface area contributed by atoms with Crippen LogP contribution in [-0.4, -0.2) is 51.7 Å². The lowest BCUT2D eigenvalue weighted by molar-refractivity contribution is 0.0699. The quantitative estimate of drug-likeness (QED) is 0.896. The van der Waals surface area contributed by atoms with E-state index in [4.69, 9.17) is 16.3 Å². The number of ether oxygens (including phenoxy) is 1. The van der Waals surface area contributed by atoms with Crippen LogP contribution < -0.4 is 9.46 Å². The molecule has 1 heterocycles. The zero-order valence-corrected chi connectivity index (χ0v) is 14.1. The van der Waals surface area contributed by atoms with E-state index in [1.165, 1.54) is 7.11 Å². The molecule has 0 radical (unpaired) electrons. The molecule has 1 saturated heterocycles. The second kappa shape index (κ2) is 6.85. The van der Waals surface area contributed by atoms with Crippen molar-refractivity contribution in [1.29, 1.82) is 0 Å². The summed E-state index contributed by atoms with van der Waals surface area (Å²) in [4.78, 5) is 14.3. The third-order valence-corrected chi connectivity index (χ3v) is 4.48. The van der Waals surface area contributed by atoms with Crippen molar-refractivity contribution in [2.24, 2.45) is 0 Å². The van der Waals surface area contributed by atoms with Crippen molar-refractivity contribution in [2.45, 2.75) is 18.9 Å². The van der Waals surface area contributed by atoms with Crippen LogP contribution in [0.4, 0.5) is 0 Å². The summed E-state index contributed by atoms with van der Waals surface area (Å²) in [6.45, 7) is 0.915. The molecular weight excluding hydrogens is 328 g/mol. The average Bonchev–Trinajstić information content (AvgIpc) is 2.45. The van der Waals surface area contributed by atoms with Gasteiger partial charge in [-0.05, 0) is 31.0 Å². The van der Waals surface area contributed by atoms with Crippen molar-refractivity contribution in [1.82, 2.24) is 9.62 Å². The van der Waals surface area contributed by atoms with Crippen LogP contribution >= 0.6 is 11.6 Å². The molecule has 6 nitrogen and oxygen atoms in total. The number of sulfonamides is 1. The summed E-state index contributed by atoms with van der Waals surface area (Å²) in [5, 5.41) is 0.451. The maximum Gasteiger partial charge on any atom is 0.257 e. The minimum absolute atomic E-state index is 0.209. The van der Waals surface area contributed by atoms with Crippen LogP contribution in [0.5, 0.6) is 5.75 Å². The van der Waals surface area contributed by atoms with E-state index in [1.807, 2.05) is 0 Å². The number of nitrogens with one attached hydrogen (secondary N) is 1. The van der Waals surface area contributed by atoms with Gasteiger partial charge in [0.05, 0.1) is 18.9 Å². The molecule has 122 valence electrons. The van der Waals surface area contributed by atoms with Crippen molar-refractivity contribution in [3.8, 4) is 5.75 Å². The summed E-state index contributed by atoms with van der Waals surface area (Å²) >= 11 is 5.95. The Morgan fingerprint density at radius 2 is 2.18 bits per heavy atom. The molecule has 1 aromatic rings. The highest BCUT2D eigenvalue weighted by Gasteiger charge is 2.27. The monoisotopic (exact) mass is 346 g/mol. The number of carbonyl (C=O) groups excluding carboxylic acids is 1. The molecule has 0 bridgehead atoms. The van der Waals surface area contributed by atoms with Crippen LogP contribution in [0.3, 0.4) is 0 Å². The molecule has 0 spiro atoms. The summed E-state index contributed by atoms with van der Waals surface area (Å²) in [6.07, 6.45) is 2.57. The number of nitrogens with zero attached hydrogens (tertiary/aromatic N) is 1. The molecular formula is C14H19ClN2O4S. The first-order valence-electron chi connectivity index (χ1n) is 6.90. The molecule has 0 aromatic heterocycles. The summed E-state index contributed by atoms with van der Waals surface area (Å²) in [7, 11) is -1.80. The Kier molecular flexibility index (Phi) is 5.31. The van der Waals surface area contributed by atoms with Crippen LogP contribution in [0.1, 0.15) is 23.2 Å². The Labute approximate surface area is 135 Å². The fourth-order valence-electron chi connectivity index (χ4n) is 2.58. The van der Waals surface area contributed by atoms with Gasteiger partial charge >= 0.3 is 0 Å². The number of likely N-dealkylation sites (tertiary alicyclic amines) is 1. The van der Waals surface area contributed by atoms with Gasteiger partial charge in [-0.2, -0.15) is 0 Å². The standard InChI is InChI=1S/C14H19ClN2O4S/c1-21-13-6-5-10(15)8-12(13)14(18)17-7-3-4-11(9-17)16-22(2,19)20/h5-6,8,11,16H,3-4,7,9H2,1-2H3/t11-/m1/s1. The van der Waals surface area contributed by atoms with E-state index in [0.717, 1.165) is 12.7 Å². The number of amides is 1. The Bertz CT molecular complexity index is 663. The molecule has 0 saturated carbocycles. The third-order valence-electron chi connectivity index (χ3n) is 3.48. The number of hydrogen-bond donors (Lipinski definition) is 1. The highest BCUT2D eigenvalue weighted by molar-refractivity contribution is 7.88. The Morgan fingerprint density at radius 1 is 1.45 bits per heavy atom. The van der Waals surface area contributed by atoms with E-state index in [1.54, 1.807) is 23.1 Å². The molecule has 1 aliphatic heterocycles. The predicted molar refractivity (Wildman–Crippen MR) is 84.9 cm³/mol.